The highest BCUT2D eigenvalue weighted by Gasteiger charge is 2.50. The molecule has 0 saturated carbocycles. The smallest absolute Gasteiger partial charge is 0.432 e. The Kier molecular flexibility index (Phi) is 6.52. The number of nitrogens with two attached hydrogens (primary N) is 1. The van der Waals surface area contributed by atoms with Crippen molar-refractivity contribution >= 4 is 52.8 Å². The molecular weight excluding hydrogens is 562 g/mol. The lowest BCUT2D eigenvalue weighted by Crippen LogP contribution is -2.33. The van der Waals surface area contributed by atoms with Crippen LogP contribution in [0.4, 0.5) is 15.1 Å². The van der Waals surface area contributed by atoms with E-state index in [1.165, 1.54) is 17.2 Å². The Bertz CT molecular complexity index is 1680. The third-order valence-electron chi connectivity index (χ3n) is 6.16. The number of aromatic amines is 1. The van der Waals surface area contributed by atoms with Crippen LogP contribution in [-0.4, -0.2) is 76.7 Å². The molecule has 19 heteroatoms. The number of aromatic nitrogens is 7. The van der Waals surface area contributed by atoms with E-state index in [9.17, 15) is 14.5 Å². The molecule has 0 amide bonds. The summed E-state index contributed by atoms with van der Waals surface area (Å²) >= 11 is 5.21. The van der Waals surface area contributed by atoms with Crippen molar-refractivity contribution in [3.8, 4) is 0 Å². The summed E-state index contributed by atoms with van der Waals surface area (Å²) in [5, 5.41) is 0.664. The number of hydrogen-bond acceptors (Lipinski definition) is 13. The maximum Gasteiger partial charge on any atom is 0.508 e. The van der Waals surface area contributed by atoms with Gasteiger partial charge in [0.05, 0.1) is 19.5 Å². The number of ether oxygens (including phenoxy) is 3. The summed E-state index contributed by atoms with van der Waals surface area (Å²) in [6, 6.07) is 1.71. The zero-order valence-electron chi connectivity index (χ0n) is 19.7. The number of halogens is 1. The first kappa shape index (κ1) is 25.7. The molecule has 6 heterocycles. The highest BCUT2D eigenvalue weighted by Crippen LogP contribution is 2.51. The molecule has 5 atom stereocenters. The molecule has 206 valence electrons. The Morgan fingerprint density at radius 1 is 1.26 bits per heavy atom. The summed E-state index contributed by atoms with van der Waals surface area (Å²) in [5.41, 5.74) is 5.96. The van der Waals surface area contributed by atoms with E-state index in [2.05, 4.69) is 24.9 Å². The maximum absolute atomic E-state index is 15.7. The van der Waals surface area contributed by atoms with Gasteiger partial charge in [0.2, 0.25) is 5.95 Å². The number of fused-ring (bicyclic) bond motifs is 6. The molecule has 6 rings (SSSR count). The summed E-state index contributed by atoms with van der Waals surface area (Å²) in [7, 11) is 0. The lowest BCUT2D eigenvalue weighted by molar-refractivity contribution is -0.0577. The van der Waals surface area contributed by atoms with Crippen molar-refractivity contribution in [3.05, 3.63) is 41.0 Å². The van der Waals surface area contributed by atoms with Gasteiger partial charge in [0.25, 0.3) is 5.56 Å². The van der Waals surface area contributed by atoms with Gasteiger partial charge >= 0.3 is 12.9 Å². The van der Waals surface area contributed by atoms with E-state index in [0.717, 1.165) is 0 Å². The lowest BCUT2D eigenvalue weighted by Gasteiger charge is -2.25. The average Bonchev–Trinajstić information content (AvgIpc) is 3.55. The second-order valence-electron chi connectivity index (χ2n) is 8.60. The summed E-state index contributed by atoms with van der Waals surface area (Å²) in [6.07, 6.45) is -3.19. The number of cyclic esters (lactones) is 2. The quantitative estimate of drug-likeness (QED) is 0.209. The summed E-state index contributed by atoms with van der Waals surface area (Å²) < 4.78 is 45.8. The van der Waals surface area contributed by atoms with E-state index >= 15 is 4.39 Å². The predicted molar refractivity (Wildman–Crippen MR) is 132 cm³/mol. The van der Waals surface area contributed by atoms with Crippen LogP contribution in [0, 0.1) is 0 Å². The van der Waals surface area contributed by atoms with Crippen LogP contribution in [0.2, 0.25) is 0 Å². The number of H-pyrrole nitrogens is 1. The highest BCUT2D eigenvalue weighted by atomic mass is 32.5. The van der Waals surface area contributed by atoms with Crippen molar-refractivity contribution in [2.75, 3.05) is 18.9 Å². The second kappa shape index (κ2) is 9.89. The van der Waals surface area contributed by atoms with Gasteiger partial charge in [-0.1, -0.05) is 0 Å². The fourth-order valence-electron chi connectivity index (χ4n) is 4.46. The minimum atomic E-state index is -4.11. The van der Waals surface area contributed by atoms with Crippen LogP contribution in [0.1, 0.15) is 11.9 Å². The van der Waals surface area contributed by atoms with Gasteiger partial charge in [0.15, 0.2) is 23.6 Å². The van der Waals surface area contributed by atoms with Crippen molar-refractivity contribution in [1.29, 1.82) is 0 Å². The van der Waals surface area contributed by atoms with Crippen molar-refractivity contribution in [3.63, 3.8) is 0 Å². The third kappa shape index (κ3) is 4.86. The van der Waals surface area contributed by atoms with Crippen LogP contribution in [0.5, 0.6) is 0 Å². The van der Waals surface area contributed by atoms with Crippen molar-refractivity contribution < 1.29 is 37.3 Å². The van der Waals surface area contributed by atoms with Crippen molar-refractivity contribution in [1.82, 2.24) is 34.1 Å². The number of alkyl halides is 1. The Balaban J connectivity index is 1.36. The molecule has 0 aliphatic carbocycles. The minimum absolute atomic E-state index is 0.0322. The molecule has 4 aromatic rings. The minimum Gasteiger partial charge on any atom is -0.432 e. The Labute approximate surface area is 222 Å². The van der Waals surface area contributed by atoms with Crippen LogP contribution >= 0.6 is 6.72 Å². The van der Waals surface area contributed by atoms with Crippen LogP contribution in [0.15, 0.2) is 29.7 Å². The van der Waals surface area contributed by atoms with Crippen LogP contribution in [-0.2, 0) is 48.2 Å². The average molecular weight is 582 g/mol. The molecule has 0 spiro atoms. The Morgan fingerprint density at radius 3 is 2.95 bits per heavy atom. The number of nitrogens with one attached hydrogen (secondary N) is 1. The van der Waals surface area contributed by atoms with Crippen LogP contribution < -0.4 is 11.3 Å². The topological polar surface area (TPSA) is 204 Å². The van der Waals surface area contributed by atoms with E-state index in [1.54, 1.807) is 16.8 Å². The summed E-state index contributed by atoms with van der Waals surface area (Å²) in [4.78, 5) is 54.0. The molecule has 39 heavy (non-hydrogen) atoms. The SMILES string of the molecule is Nc1nc2c(ncn2[C@@H]2O[C@@H]3COC(=O)OCCn4c(cc5cncnc54)COP(O)(=S)O[C@@H]2[C@@H]3F)c(=O)[nH]1. The van der Waals surface area contributed by atoms with Gasteiger partial charge in [-0.05, 0) is 17.9 Å². The maximum atomic E-state index is 15.7. The van der Waals surface area contributed by atoms with Crippen molar-refractivity contribution in [2.45, 2.75) is 37.8 Å². The molecule has 4 aromatic heterocycles. The fourth-order valence-corrected chi connectivity index (χ4v) is 5.80. The van der Waals surface area contributed by atoms with Gasteiger partial charge in [-0.25, -0.2) is 24.1 Å². The number of nitrogen functional groups attached to an aromatic ring is 1. The molecule has 16 nitrogen and oxygen atoms in total. The lowest BCUT2D eigenvalue weighted by atomic mass is 10.1. The van der Waals surface area contributed by atoms with Crippen LogP contribution in [0.25, 0.3) is 22.2 Å². The number of anilines is 1. The van der Waals surface area contributed by atoms with Gasteiger partial charge in [-0.3, -0.25) is 18.9 Å². The second-order valence-corrected chi connectivity index (χ2v) is 11.4. The summed E-state index contributed by atoms with van der Waals surface area (Å²) in [6.45, 7) is -4.85. The Morgan fingerprint density at radius 2 is 2.10 bits per heavy atom. The number of hydrogen-bond donors (Lipinski definition) is 3. The first-order chi connectivity index (χ1) is 18.7. The zero-order valence-corrected chi connectivity index (χ0v) is 21.5. The number of rotatable bonds is 1. The zero-order chi connectivity index (χ0) is 27.3. The largest absolute Gasteiger partial charge is 0.508 e. The highest BCUT2D eigenvalue weighted by molar-refractivity contribution is 8.07. The standard InChI is InChI=1S/C20H20FN8O8PS/c21-12-11-6-34-20(31)33-2-1-28-10(3-9-4-23-7-24-15(9)28)5-35-38(32,39)37-14(12)18(36-11)29-8-25-13-16(29)26-19(22)27-17(13)30/h3-4,7-8,11-12,14,18H,1-2,5-6H2,(H,32,39)(H3,22,26,27,30)/t11-,12-,14-,18-,38?/m1/s1. The fraction of sp³-hybridized carbons (Fsp3) is 0.400. The molecular formula is C20H20FN8O8PS. The first-order valence-corrected chi connectivity index (χ1v) is 14.0. The molecule has 1 saturated heterocycles. The monoisotopic (exact) mass is 582 g/mol. The molecule has 0 radical (unpaired) electrons. The van der Waals surface area contributed by atoms with Gasteiger partial charge in [0, 0.05) is 17.3 Å². The molecule has 2 bridgehead atoms. The van der Waals surface area contributed by atoms with Gasteiger partial charge in [-0.2, -0.15) is 4.98 Å². The summed E-state index contributed by atoms with van der Waals surface area (Å²) in [5.74, 6) is -0.214. The van der Waals surface area contributed by atoms with Gasteiger partial charge < -0.3 is 33.9 Å². The normalized spacial score (nSPS) is 28.4. The Hall–Kier alpha value is -3.54. The van der Waals surface area contributed by atoms with E-state index in [-0.39, 0.29) is 36.9 Å². The number of imidazole rings is 1. The number of carbonyl (C=O) groups excluding carboxylic acids is 1. The molecule has 1 fully saturated rings. The van der Waals surface area contributed by atoms with E-state index in [1.807, 2.05) is 0 Å². The molecule has 2 aliphatic heterocycles. The molecule has 2 aliphatic rings. The first-order valence-electron chi connectivity index (χ1n) is 11.5. The number of carbonyl (C=O) groups is 1. The van der Waals surface area contributed by atoms with Gasteiger partial charge in [0.1, 0.15) is 37.4 Å². The van der Waals surface area contributed by atoms with E-state index in [0.29, 0.717) is 16.7 Å². The third-order valence-corrected chi connectivity index (χ3v) is 7.70. The van der Waals surface area contributed by atoms with E-state index in [4.69, 9.17) is 40.8 Å². The van der Waals surface area contributed by atoms with Crippen LogP contribution in [0.3, 0.4) is 0 Å². The molecule has 4 N–H and O–H groups in total. The predicted octanol–water partition coefficient (Wildman–Crippen LogP) is 0.668. The van der Waals surface area contributed by atoms with Gasteiger partial charge in [-0.15, -0.1) is 0 Å². The van der Waals surface area contributed by atoms with E-state index < -0.39 is 49.6 Å². The molecule has 1 unspecified atom stereocenters. The number of nitrogens with zero attached hydrogens (tertiary/aromatic N) is 6. The molecule has 0 aromatic carbocycles. The van der Waals surface area contributed by atoms with Crippen molar-refractivity contribution in [2.24, 2.45) is 0 Å².